The standard InChI is InChI=1S/C6H4F3NO4/c7-6(8,9)13-2-3-1-4(5(11)12)10-14-3/h1H,2H2,(H,11,12). The van der Waals surface area contributed by atoms with Crippen LogP contribution in [0, 0.1) is 0 Å². The molecule has 0 spiro atoms. The van der Waals surface area contributed by atoms with E-state index < -0.39 is 24.6 Å². The van der Waals surface area contributed by atoms with E-state index in [2.05, 4.69) is 14.4 Å². The molecule has 0 bridgehead atoms. The Hall–Kier alpha value is -1.57. The monoisotopic (exact) mass is 211 g/mol. The minimum absolute atomic E-state index is 0.306. The number of aromatic nitrogens is 1. The number of ether oxygens (including phenoxy) is 1. The van der Waals surface area contributed by atoms with E-state index in [4.69, 9.17) is 5.11 Å². The lowest BCUT2D eigenvalue weighted by Gasteiger charge is -2.03. The van der Waals surface area contributed by atoms with E-state index in [-0.39, 0.29) is 5.76 Å². The molecular formula is C6H4F3NO4. The second kappa shape index (κ2) is 3.66. The smallest absolute Gasteiger partial charge is 0.476 e. The third kappa shape index (κ3) is 3.05. The Morgan fingerprint density at radius 2 is 2.29 bits per heavy atom. The molecule has 1 aromatic rings. The number of carboxylic acids is 1. The van der Waals surface area contributed by atoms with Gasteiger partial charge >= 0.3 is 12.3 Å². The molecule has 5 nitrogen and oxygen atoms in total. The van der Waals surface area contributed by atoms with Crippen molar-refractivity contribution < 1.29 is 32.3 Å². The van der Waals surface area contributed by atoms with Crippen molar-refractivity contribution in [3.05, 3.63) is 17.5 Å². The molecule has 0 saturated heterocycles. The summed E-state index contributed by atoms with van der Waals surface area (Å²) in [5, 5.41) is 11.3. The number of nitrogens with zero attached hydrogens (tertiary/aromatic N) is 1. The van der Waals surface area contributed by atoms with E-state index in [0.29, 0.717) is 0 Å². The molecule has 0 atom stereocenters. The van der Waals surface area contributed by atoms with Crippen molar-refractivity contribution in [3.8, 4) is 0 Å². The van der Waals surface area contributed by atoms with Crippen molar-refractivity contribution in [2.45, 2.75) is 13.0 Å². The molecule has 0 radical (unpaired) electrons. The molecular weight excluding hydrogens is 207 g/mol. The molecule has 0 aliphatic carbocycles. The van der Waals surface area contributed by atoms with Gasteiger partial charge in [0.2, 0.25) is 0 Å². The first kappa shape index (κ1) is 10.5. The molecule has 78 valence electrons. The van der Waals surface area contributed by atoms with Gasteiger partial charge in [0, 0.05) is 6.07 Å². The minimum Gasteiger partial charge on any atom is -0.476 e. The summed E-state index contributed by atoms with van der Waals surface area (Å²) < 4.78 is 42.2. The van der Waals surface area contributed by atoms with Crippen LogP contribution < -0.4 is 0 Å². The average Bonchev–Trinajstić information content (AvgIpc) is 2.47. The van der Waals surface area contributed by atoms with Gasteiger partial charge in [0.15, 0.2) is 11.5 Å². The highest BCUT2D eigenvalue weighted by Gasteiger charge is 2.29. The predicted molar refractivity (Wildman–Crippen MR) is 34.3 cm³/mol. The summed E-state index contributed by atoms with van der Waals surface area (Å²) >= 11 is 0. The fraction of sp³-hybridized carbons (Fsp3) is 0.333. The molecule has 1 aromatic heterocycles. The number of carbonyl (C=O) groups is 1. The number of rotatable bonds is 3. The lowest BCUT2D eigenvalue weighted by Crippen LogP contribution is -2.12. The molecule has 0 fully saturated rings. The van der Waals surface area contributed by atoms with E-state index in [0.717, 1.165) is 6.07 Å². The Balaban J connectivity index is 2.56. The van der Waals surface area contributed by atoms with E-state index in [1.54, 1.807) is 0 Å². The fourth-order valence-electron chi connectivity index (χ4n) is 0.635. The molecule has 1 heterocycles. The first-order valence-electron chi connectivity index (χ1n) is 3.28. The predicted octanol–water partition coefficient (Wildman–Crippen LogP) is 1.41. The number of hydrogen-bond donors (Lipinski definition) is 1. The number of carboxylic acid groups (broad SMARTS) is 1. The van der Waals surface area contributed by atoms with E-state index >= 15 is 0 Å². The maximum Gasteiger partial charge on any atom is 0.522 e. The van der Waals surface area contributed by atoms with Crippen molar-refractivity contribution in [1.82, 2.24) is 5.16 Å². The third-order valence-electron chi connectivity index (χ3n) is 1.16. The highest BCUT2D eigenvalue weighted by atomic mass is 19.4. The van der Waals surface area contributed by atoms with E-state index in [1.807, 2.05) is 0 Å². The Morgan fingerprint density at radius 3 is 2.71 bits per heavy atom. The lowest BCUT2D eigenvalue weighted by molar-refractivity contribution is -0.331. The number of alkyl halides is 3. The summed E-state index contributed by atoms with van der Waals surface area (Å²) in [4.78, 5) is 10.2. The molecule has 0 aliphatic rings. The second-order valence-corrected chi connectivity index (χ2v) is 2.22. The van der Waals surface area contributed by atoms with Gasteiger partial charge in [-0.15, -0.1) is 13.2 Å². The van der Waals surface area contributed by atoms with Crippen LogP contribution in [-0.2, 0) is 11.3 Å². The van der Waals surface area contributed by atoms with Gasteiger partial charge in [-0.2, -0.15) is 0 Å². The normalized spacial score (nSPS) is 11.6. The Kier molecular flexibility index (Phi) is 2.75. The first-order valence-corrected chi connectivity index (χ1v) is 3.28. The largest absolute Gasteiger partial charge is 0.522 e. The van der Waals surface area contributed by atoms with Gasteiger partial charge in [0.05, 0.1) is 0 Å². The highest BCUT2D eigenvalue weighted by Crippen LogP contribution is 2.18. The van der Waals surface area contributed by atoms with E-state index in [9.17, 15) is 18.0 Å². The molecule has 0 unspecified atom stereocenters. The van der Waals surface area contributed by atoms with Crippen LogP contribution in [0.4, 0.5) is 13.2 Å². The first-order chi connectivity index (χ1) is 6.38. The third-order valence-corrected chi connectivity index (χ3v) is 1.16. The molecule has 14 heavy (non-hydrogen) atoms. The van der Waals surface area contributed by atoms with E-state index in [1.165, 1.54) is 0 Å². The van der Waals surface area contributed by atoms with Gasteiger partial charge < -0.3 is 9.63 Å². The van der Waals surface area contributed by atoms with Gasteiger partial charge in [0.25, 0.3) is 0 Å². The van der Waals surface area contributed by atoms with Crippen LogP contribution in [0.3, 0.4) is 0 Å². The Morgan fingerprint density at radius 1 is 1.64 bits per heavy atom. The van der Waals surface area contributed by atoms with Crippen LogP contribution in [-0.4, -0.2) is 22.6 Å². The Bertz CT molecular complexity index is 332. The Labute approximate surface area is 75.1 Å². The van der Waals surface area contributed by atoms with Crippen molar-refractivity contribution >= 4 is 5.97 Å². The SMILES string of the molecule is O=C(O)c1cc(COC(F)(F)F)on1. The van der Waals surface area contributed by atoms with Crippen molar-refractivity contribution in [2.24, 2.45) is 0 Å². The number of halogens is 3. The topological polar surface area (TPSA) is 72.6 Å². The van der Waals surface area contributed by atoms with Crippen molar-refractivity contribution in [2.75, 3.05) is 0 Å². The maximum atomic E-state index is 11.5. The van der Waals surface area contributed by atoms with Gasteiger partial charge in [-0.05, 0) is 0 Å². The van der Waals surface area contributed by atoms with Gasteiger partial charge in [-0.25, -0.2) is 4.79 Å². The quantitative estimate of drug-likeness (QED) is 0.818. The van der Waals surface area contributed by atoms with Gasteiger partial charge in [0.1, 0.15) is 6.61 Å². The fourth-order valence-corrected chi connectivity index (χ4v) is 0.635. The van der Waals surface area contributed by atoms with Crippen LogP contribution >= 0.6 is 0 Å². The molecule has 1 N–H and O–H groups in total. The summed E-state index contributed by atoms with van der Waals surface area (Å²) in [5.74, 6) is -1.69. The lowest BCUT2D eigenvalue weighted by atomic mass is 10.4. The highest BCUT2D eigenvalue weighted by molar-refractivity contribution is 5.85. The summed E-state index contributed by atoms with van der Waals surface area (Å²) in [6.07, 6.45) is -4.78. The zero-order chi connectivity index (χ0) is 10.8. The minimum atomic E-state index is -4.78. The van der Waals surface area contributed by atoms with Crippen molar-refractivity contribution in [3.63, 3.8) is 0 Å². The summed E-state index contributed by atoms with van der Waals surface area (Å²) in [5.41, 5.74) is -0.467. The molecule has 0 aliphatic heterocycles. The molecule has 1 rings (SSSR count). The zero-order valence-corrected chi connectivity index (χ0v) is 6.54. The number of hydrogen-bond acceptors (Lipinski definition) is 4. The number of aromatic carboxylic acids is 1. The summed E-state index contributed by atoms with van der Waals surface area (Å²) in [7, 11) is 0. The summed E-state index contributed by atoms with van der Waals surface area (Å²) in [6.45, 7) is -0.899. The second-order valence-electron chi connectivity index (χ2n) is 2.22. The van der Waals surface area contributed by atoms with Gasteiger partial charge in [-0.3, -0.25) is 4.74 Å². The molecule has 8 heteroatoms. The summed E-state index contributed by atoms with van der Waals surface area (Å²) in [6, 6.07) is 0.855. The maximum absolute atomic E-state index is 11.5. The van der Waals surface area contributed by atoms with Crippen LogP contribution in [0.5, 0.6) is 0 Å². The molecule has 0 aromatic carbocycles. The van der Waals surface area contributed by atoms with Crippen molar-refractivity contribution in [1.29, 1.82) is 0 Å². The molecule has 0 saturated carbocycles. The van der Waals surface area contributed by atoms with Crippen LogP contribution in [0.1, 0.15) is 16.2 Å². The molecule has 0 amide bonds. The van der Waals surface area contributed by atoms with Crippen LogP contribution in [0.25, 0.3) is 0 Å². The van der Waals surface area contributed by atoms with Crippen LogP contribution in [0.2, 0.25) is 0 Å². The van der Waals surface area contributed by atoms with Crippen LogP contribution in [0.15, 0.2) is 10.6 Å². The zero-order valence-electron chi connectivity index (χ0n) is 6.54. The van der Waals surface area contributed by atoms with Gasteiger partial charge in [-0.1, -0.05) is 5.16 Å². The average molecular weight is 211 g/mol.